The van der Waals surface area contributed by atoms with E-state index >= 15 is 0 Å². The average molecular weight is 444 g/mol. The van der Waals surface area contributed by atoms with Crippen molar-refractivity contribution in [2.75, 3.05) is 25.0 Å². The molecule has 31 heavy (non-hydrogen) atoms. The van der Waals surface area contributed by atoms with Crippen LogP contribution in [0.5, 0.6) is 0 Å². The molecule has 1 fully saturated rings. The third-order valence-electron chi connectivity index (χ3n) is 5.37. The molecule has 1 aliphatic heterocycles. The summed E-state index contributed by atoms with van der Waals surface area (Å²) in [5, 5.41) is 5.60. The molecule has 0 aromatic heterocycles. The minimum atomic E-state index is -3.64. The Balaban J connectivity index is 1.83. The molecule has 2 aromatic carbocycles. The van der Waals surface area contributed by atoms with Crippen LogP contribution in [0.15, 0.2) is 47.4 Å². The Morgan fingerprint density at radius 3 is 2.45 bits per heavy atom. The monoisotopic (exact) mass is 443 g/mol. The number of anilines is 1. The van der Waals surface area contributed by atoms with Gasteiger partial charge in [-0.25, -0.2) is 8.42 Å². The maximum atomic E-state index is 13.0. The Bertz CT molecular complexity index is 1060. The van der Waals surface area contributed by atoms with E-state index in [4.69, 9.17) is 0 Å². The summed E-state index contributed by atoms with van der Waals surface area (Å²) in [6.07, 6.45) is 3.53. The molecule has 166 valence electrons. The molecule has 2 aromatic rings. The SMILES string of the molecule is CCCCNC(=O)c1ccccc1NC(=O)c1ccc(C)c(S(=O)(=O)N2CCCC2)c1. The fourth-order valence-corrected chi connectivity index (χ4v) is 5.31. The third kappa shape index (κ3) is 5.32. The van der Waals surface area contributed by atoms with Gasteiger partial charge in [-0.15, -0.1) is 0 Å². The van der Waals surface area contributed by atoms with E-state index in [0.717, 1.165) is 25.7 Å². The molecular weight excluding hydrogens is 414 g/mol. The first kappa shape index (κ1) is 23.0. The summed E-state index contributed by atoms with van der Waals surface area (Å²) in [5.74, 6) is -0.725. The van der Waals surface area contributed by atoms with Crippen molar-refractivity contribution in [2.24, 2.45) is 0 Å². The molecule has 8 heteroatoms. The molecule has 0 radical (unpaired) electrons. The van der Waals surface area contributed by atoms with Crippen molar-refractivity contribution in [2.45, 2.75) is 44.4 Å². The summed E-state index contributed by atoms with van der Waals surface area (Å²) >= 11 is 0. The van der Waals surface area contributed by atoms with Gasteiger partial charge >= 0.3 is 0 Å². The second-order valence-electron chi connectivity index (χ2n) is 7.70. The Kier molecular flexibility index (Phi) is 7.46. The lowest BCUT2D eigenvalue weighted by molar-refractivity contribution is 0.0954. The second kappa shape index (κ2) is 10.1. The molecule has 0 spiro atoms. The number of sulfonamides is 1. The number of hydrogen-bond acceptors (Lipinski definition) is 4. The number of carbonyl (C=O) groups is 2. The average Bonchev–Trinajstić information content (AvgIpc) is 3.30. The molecule has 7 nitrogen and oxygen atoms in total. The number of para-hydroxylation sites is 1. The maximum Gasteiger partial charge on any atom is 0.255 e. The number of carbonyl (C=O) groups excluding carboxylic acids is 2. The molecule has 1 heterocycles. The molecule has 0 atom stereocenters. The Morgan fingerprint density at radius 2 is 1.74 bits per heavy atom. The van der Waals surface area contributed by atoms with Crippen molar-refractivity contribution >= 4 is 27.5 Å². The topological polar surface area (TPSA) is 95.6 Å². The van der Waals surface area contributed by atoms with Gasteiger partial charge in [0.05, 0.1) is 16.1 Å². The van der Waals surface area contributed by atoms with E-state index in [2.05, 4.69) is 10.6 Å². The minimum absolute atomic E-state index is 0.146. The standard InChI is InChI=1S/C23H29N3O4S/c1-3-4-13-24-23(28)19-9-5-6-10-20(19)25-22(27)18-12-11-17(2)21(16-18)31(29,30)26-14-7-8-15-26/h5-6,9-12,16H,3-4,7-8,13-15H2,1-2H3,(H,24,28)(H,25,27). The predicted molar refractivity (Wildman–Crippen MR) is 121 cm³/mol. The van der Waals surface area contributed by atoms with Crippen LogP contribution < -0.4 is 10.6 Å². The molecular formula is C23H29N3O4S. The molecule has 0 saturated carbocycles. The summed E-state index contributed by atoms with van der Waals surface area (Å²) in [6, 6.07) is 11.4. The van der Waals surface area contributed by atoms with Gasteiger partial charge in [0.1, 0.15) is 0 Å². The van der Waals surface area contributed by atoms with Crippen molar-refractivity contribution in [1.29, 1.82) is 0 Å². The Labute approximate surface area is 183 Å². The molecule has 2 amide bonds. The van der Waals surface area contributed by atoms with Crippen molar-refractivity contribution < 1.29 is 18.0 Å². The van der Waals surface area contributed by atoms with Gasteiger partial charge in [0.15, 0.2) is 0 Å². The quantitative estimate of drug-likeness (QED) is 0.610. The van der Waals surface area contributed by atoms with Crippen molar-refractivity contribution in [3.63, 3.8) is 0 Å². The summed E-state index contributed by atoms with van der Waals surface area (Å²) in [5.41, 5.74) is 1.57. The van der Waals surface area contributed by atoms with Crippen LogP contribution in [0.25, 0.3) is 0 Å². The fourth-order valence-electron chi connectivity index (χ4n) is 3.55. The zero-order valence-electron chi connectivity index (χ0n) is 18.0. The summed E-state index contributed by atoms with van der Waals surface area (Å²) in [7, 11) is -3.64. The van der Waals surface area contributed by atoms with Gasteiger partial charge in [-0.3, -0.25) is 9.59 Å². The van der Waals surface area contributed by atoms with Gasteiger partial charge in [-0.1, -0.05) is 31.5 Å². The summed E-state index contributed by atoms with van der Waals surface area (Å²) in [4.78, 5) is 25.5. The van der Waals surface area contributed by atoms with Gasteiger partial charge in [0, 0.05) is 25.2 Å². The number of nitrogens with one attached hydrogen (secondary N) is 2. The number of nitrogens with zero attached hydrogens (tertiary/aromatic N) is 1. The molecule has 0 bridgehead atoms. The molecule has 0 unspecified atom stereocenters. The number of amides is 2. The first-order chi connectivity index (χ1) is 14.8. The molecule has 3 rings (SSSR count). The normalized spacial score (nSPS) is 14.4. The number of benzene rings is 2. The van der Waals surface area contributed by atoms with Crippen LogP contribution in [-0.4, -0.2) is 44.2 Å². The van der Waals surface area contributed by atoms with Gasteiger partial charge in [-0.2, -0.15) is 4.31 Å². The van der Waals surface area contributed by atoms with E-state index in [1.165, 1.54) is 10.4 Å². The van der Waals surface area contributed by atoms with E-state index in [1.54, 1.807) is 43.3 Å². The van der Waals surface area contributed by atoms with Crippen LogP contribution in [0.4, 0.5) is 5.69 Å². The van der Waals surface area contributed by atoms with Gasteiger partial charge in [0.2, 0.25) is 10.0 Å². The zero-order valence-corrected chi connectivity index (χ0v) is 18.8. The van der Waals surface area contributed by atoms with Crippen LogP contribution in [-0.2, 0) is 10.0 Å². The van der Waals surface area contributed by atoms with Crippen LogP contribution in [0.1, 0.15) is 58.9 Å². The predicted octanol–water partition coefficient (Wildman–Crippen LogP) is 3.56. The minimum Gasteiger partial charge on any atom is -0.352 e. The Hall–Kier alpha value is -2.71. The lowest BCUT2D eigenvalue weighted by Crippen LogP contribution is -2.29. The van der Waals surface area contributed by atoms with E-state index in [9.17, 15) is 18.0 Å². The highest BCUT2D eigenvalue weighted by molar-refractivity contribution is 7.89. The maximum absolute atomic E-state index is 13.0. The van der Waals surface area contributed by atoms with Crippen molar-refractivity contribution in [3.8, 4) is 0 Å². The van der Waals surface area contributed by atoms with Crippen molar-refractivity contribution in [3.05, 3.63) is 59.2 Å². The second-order valence-corrected chi connectivity index (χ2v) is 9.61. The number of rotatable bonds is 8. The molecule has 1 saturated heterocycles. The van der Waals surface area contributed by atoms with Crippen molar-refractivity contribution in [1.82, 2.24) is 9.62 Å². The van der Waals surface area contributed by atoms with Gasteiger partial charge in [-0.05, 0) is 56.0 Å². The number of unbranched alkanes of at least 4 members (excludes halogenated alkanes) is 1. The van der Waals surface area contributed by atoms with Crippen LogP contribution in [0, 0.1) is 6.92 Å². The van der Waals surface area contributed by atoms with Gasteiger partial charge in [0.25, 0.3) is 11.8 Å². The van der Waals surface area contributed by atoms with E-state index in [0.29, 0.717) is 36.4 Å². The number of hydrogen-bond donors (Lipinski definition) is 2. The lowest BCUT2D eigenvalue weighted by atomic mass is 10.1. The highest BCUT2D eigenvalue weighted by Crippen LogP contribution is 2.25. The van der Waals surface area contributed by atoms with Crippen LogP contribution in [0.3, 0.4) is 0 Å². The largest absolute Gasteiger partial charge is 0.352 e. The van der Waals surface area contributed by atoms with Gasteiger partial charge < -0.3 is 10.6 Å². The summed E-state index contributed by atoms with van der Waals surface area (Å²) < 4.78 is 27.5. The van der Waals surface area contributed by atoms with E-state index in [1.807, 2.05) is 6.92 Å². The highest BCUT2D eigenvalue weighted by atomic mass is 32.2. The van der Waals surface area contributed by atoms with Crippen LogP contribution >= 0.6 is 0 Å². The number of aryl methyl sites for hydroxylation is 1. The zero-order chi connectivity index (χ0) is 22.4. The smallest absolute Gasteiger partial charge is 0.255 e. The third-order valence-corrected chi connectivity index (χ3v) is 7.41. The molecule has 0 aliphatic carbocycles. The first-order valence-electron chi connectivity index (χ1n) is 10.6. The van der Waals surface area contributed by atoms with E-state index in [-0.39, 0.29) is 16.4 Å². The summed E-state index contributed by atoms with van der Waals surface area (Å²) in [6.45, 7) is 5.32. The fraction of sp³-hybridized carbons (Fsp3) is 0.391. The van der Waals surface area contributed by atoms with Crippen LogP contribution in [0.2, 0.25) is 0 Å². The Morgan fingerprint density at radius 1 is 1.03 bits per heavy atom. The molecule has 1 aliphatic rings. The highest BCUT2D eigenvalue weighted by Gasteiger charge is 2.29. The van der Waals surface area contributed by atoms with E-state index < -0.39 is 15.9 Å². The molecule has 2 N–H and O–H groups in total. The first-order valence-corrected chi connectivity index (χ1v) is 12.1. The lowest BCUT2D eigenvalue weighted by Gasteiger charge is -2.18.